The van der Waals surface area contributed by atoms with Gasteiger partial charge in [-0.25, -0.2) is 0 Å². The van der Waals surface area contributed by atoms with Gasteiger partial charge in [0.1, 0.15) is 0 Å². The van der Waals surface area contributed by atoms with Crippen LogP contribution in [0.5, 0.6) is 0 Å². The average Bonchev–Trinajstić information content (AvgIpc) is 2.80. The normalized spacial score (nSPS) is 21.9. The monoisotopic (exact) mass is 292 g/mol. The van der Waals surface area contributed by atoms with Crippen molar-refractivity contribution in [2.75, 3.05) is 6.54 Å². The first-order valence-electron chi connectivity index (χ1n) is 6.88. The lowest BCUT2D eigenvalue weighted by Gasteiger charge is -2.25. The molecule has 0 saturated heterocycles. The minimum absolute atomic E-state index is 0.0414. The van der Waals surface area contributed by atoms with E-state index in [-0.39, 0.29) is 18.1 Å². The topological polar surface area (TPSA) is 75.3 Å². The van der Waals surface area contributed by atoms with Crippen molar-refractivity contribution in [3.8, 4) is 11.8 Å². The molecule has 1 aromatic heterocycles. The van der Waals surface area contributed by atoms with Crippen LogP contribution < -0.4 is 11.1 Å². The maximum absolute atomic E-state index is 12.2. The van der Waals surface area contributed by atoms with Gasteiger partial charge in [0.2, 0.25) is 0 Å². The van der Waals surface area contributed by atoms with E-state index in [1.54, 1.807) is 0 Å². The Morgan fingerprint density at radius 1 is 1.50 bits per heavy atom. The predicted molar refractivity (Wildman–Crippen MR) is 80.7 cm³/mol. The van der Waals surface area contributed by atoms with Crippen molar-refractivity contribution >= 4 is 17.2 Å². The van der Waals surface area contributed by atoms with Crippen LogP contribution in [0, 0.1) is 18.8 Å². The third-order valence-corrected chi connectivity index (χ3v) is 4.63. The molecular weight excluding hydrogens is 272 g/mol. The maximum atomic E-state index is 12.2. The zero-order valence-electron chi connectivity index (χ0n) is 11.6. The molecule has 1 heterocycles. The fourth-order valence-corrected chi connectivity index (χ4v) is 3.28. The minimum atomic E-state index is -0.203. The van der Waals surface area contributed by atoms with Gasteiger partial charge in [-0.3, -0.25) is 4.79 Å². The Morgan fingerprint density at radius 2 is 2.20 bits per heavy atom. The number of thiophene rings is 1. The van der Waals surface area contributed by atoms with Crippen LogP contribution in [0.3, 0.4) is 0 Å². The number of aryl methyl sites for hydroxylation is 1. The molecule has 1 fully saturated rings. The third kappa shape index (κ3) is 3.83. The molecular formula is C15H20N2O2S. The molecule has 0 atom stereocenters. The van der Waals surface area contributed by atoms with E-state index in [2.05, 4.69) is 17.2 Å². The summed E-state index contributed by atoms with van der Waals surface area (Å²) in [6.07, 6.45) is 3.02. The van der Waals surface area contributed by atoms with E-state index in [9.17, 15) is 9.90 Å². The van der Waals surface area contributed by atoms with E-state index in [0.29, 0.717) is 11.4 Å². The number of carbonyl (C=O) groups excluding carboxylic acids is 1. The number of nitrogens with one attached hydrogen (secondary N) is 1. The van der Waals surface area contributed by atoms with Gasteiger partial charge in [0, 0.05) is 6.04 Å². The molecule has 0 spiro atoms. The van der Waals surface area contributed by atoms with Crippen molar-refractivity contribution < 1.29 is 9.90 Å². The van der Waals surface area contributed by atoms with Crippen molar-refractivity contribution in [1.29, 1.82) is 0 Å². The van der Waals surface area contributed by atoms with E-state index >= 15 is 0 Å². The van der Waals surface area contributed by atoms with E-state index in [4.69, 9.17) is 5.73 Å². The summed E-state index contributed by atoms with van der Waals surface area (Å²) in [4.78, 5) is 13.8. The molecule has 1 aromatic rings. The number of amides is 1. The fourth-order valence-electron chi connectivity index (χ4n) is 2.33. The summed E-state index contributed by atoms with van der Waals surface area (Å²) in [5, 5.41) is 12.5. The number of aliphatic hydroxyl groups is 1. The van der Waals surface area contributed by atoms with Crippen LogP contribution in [0.25, 0.3) is 0 Å². The molecule has 4 nitrogen and oxygen atoms in total. The summed E-state index contributed by atoms with van der Waals surface area (Å²) in [5.74, 6) is 5.76. The molecule has 20 heavy (non-hydrogen) atoms. The molecule has 0 radical (unpaired) electrons. The summed E-state index contributed by atoms with van der Waals surface area (Å²) in [6.45, 7) is 2.27. The highest BCUT2D eigenvalue weighted by Gasteiger charge is 2.22. The molecule has 0 bridgehead atoms. The van der Waals surface area contributed by atoms with Gasteiger partial charge in [0.05, 0.1) is 22.4 Å². The number of aliphatic hydroxyl groups excluding tert-OH is 1. The smallest absolute Gasteiger partial charge is 0.261 e. The summed E-state index contributed by atoms with van der Waals surface area (Å²) >= 11 is 1.41. The first-order chi connectivity index (χ1) is 9.60. The summed E-state index contributed by atoms with van der Waals surface area (Å²) in [5.41, 5.74) is 6.37. The van der Waals surface area contributed by atoms with Gasteiger partial charge >= 0.3 is 0 Å². The van der Waals surface area contributed by atoms with Crippen molar-refractivity contribution in [1.82, 2.24) is 5.32 Å². The van der Waals surface area contributed by atoms with Crippen molar-refractivity contribution in [3.05, 3.63) is 21.4 Å². The number of hydrogen-bond acceptors (Lipinski definition) is 4. The molecule has 108 valence electrons. The van der Waals surface area contributed by atoms with Crippen LogP contribution >= 0.6 is 11.3 Å². The lowest BCUT2D eigenvalue weighted by atomic mass is 9.93. The molecule has 1 aliphatic rings. The summed E-state index contributed by atoms with van der Waals surface area (Å²) < 4.78 is 0. The number of nitrogens with two attached hydrogens (primary N) is 1. The number of rotatable bonds is 2. The van der Waals surface area contributed by atoms with Crippen molar-refractivity contribution in [2.24, 2.45) is 5.73 Å². The van der Waals surface area contributed by atoms with Gasteiger partial charge in [-0.05, 0) is 44.2 Å². The molecule has 1 amide bonds. The molecule has 0 aromatic carbocycles. The Kier molecular flexibility index (Phi) is 5.18. The van der Waals surface area contributed by atoms with Crippen molar-refractivity contribution in [2.45, 2.75) is 44.8 Å². The largest absolute Gasteiger partial charge is 0.393 e. The van der Waals surface area contributed by atoms with Gasteiger partial charge in [0.25, 0.3) is 5.91 Å². The van der Waals surface area contributed by atoms with Gasteiger partial charge < -0.3 is 16.2 Å². The van der Waals surface area contributed by atoms with Gasteiger partial charge in [-0.2, -0.15) is 0 Å². The minimum Gasteiger partial charge on any atom is -0.393 e. The predicted octanol–water partition coefficient (Wildman–Crippen LogP) is 1.40. The highest BCUT2D eigenvalue weighted by Crippen LogP contribution is 2.23. The molecule has 0 aliphatic heterocycles. The Hall–Kier alpha value is -1.35. The second kappa shape index (κ2) is 6.89. The quantitative estimate of drug-likeness (QED) is 0.721. The van der Waals surface area contributed by atoms with Gasteiger partial charge in [-0.15, -0.1) is 11.3 Å². The molecule has 4 N–H and O–H groups in total. The Labute approximate surface area is 123 Å². The number of hydrogen-bond donors (Lipinski definition) is 3. The first kappa shape index (κ1) is 15.0. The number of carbonyl (C=O) groups is 1. The van der Waals surface area contributed by atoms with E-state index in [0.717, 1.165) is 36.1 Å². The first-order valence-corrected chi connectivity index (χ1v) is 7.70. The van der Waals surface area contributed by atoms with Crippen LogP contribution in [0.15, 0.2) is 6.07 Å². The maximum Gasteiger partial charge on any atom is 0.261 e. The van der Waals surface area contributed by atoms with Gasteiger partial charge in [0.15, 0.2) is 0 Å². The fraction of sp³-hybridized carbons (Fsp3) is 0.533. The summed E-state index contributed by atoms with van der Waals surface area (Å²) in [6, 6.07) is 2.05. The average molecular weight is 292 g/mol. The van der Waals surface area contributed by atoms with Crippen LogP contribution in [0.4, 0.5) is 0 Å². The molecule has 1 aliphatic carbocycles. The lowest BCUT2D eigenvalue weighted by Crippen LogP contribution is -2.38. The molecule has 5 heteroatoms. The highest BCUT2D eigenvalue weighted by molar-refractivity contribution is 7.14. The SMILES string of the molecule is Cc1cc(C(=O)NC2CCC(O)CC2)sc1C#CCN. The van der Waals surface area contributed by atoms with Crippen LogP contribution in [0.1, 0.15) is 45.8 Å². The van der Waals surface area contributed by atoms with E-state index in [1.807, 2.05) is 13.0 Å². The zero-order valence-corrected chi connectivity index (χ0v) is 12.4. The van der Waals surface area contributed by atoms with E-state index < -0.39 is 0 Å². The second-order valence-electron chi connectivity index (χ2n) is 5.11. The highest BCUT2D eigenvalue weighted by atomic mass is 32.1. The van der Waals surface area contributed by atoms with Crippen LogP contribution in [-0.4, -0.2) is 29.7 Å². The van der Waals surface area contributed by atoms with Gasteiger partial charge in [-0.1, -0.05) is 11.8 Å². The molecule has 0 unspecified atom stereocenters. The van der Waals surface area contributed by atoms with Crippen LogP contribution in [0.2, 0.25) is 0 Å². The standard InChI is InChI=1S/C15H20N2O2S/c1-10-9-14(20-13(10)3-2-8-16)15(19)17-11-4-6-12(18)7-5-11/h9,11-12,18H,4-8,16H2,1H3,(H,17,19). The Bertz CT molecular complexity index is 534. The van der Waals surface area contributed by atoms with E-state index in [1.165, 1.54) is 11.3 Å². The summed E-state index contributed by atoms with van der Waals surface area (Å²) in [7, 11) is 0. The lowest BCUT2D eigenvalue weighted by molar-refractivity contribution is 0.0871. The zero-order chi connectivity index (χ0) is 14.5. The second-order valence-corrected chi connectivity index (χ2v) is 6.16. The third-order valence-electron chi connectivity index (χ3n) is 3.48. The van der Waals surface area contributed by atoms with Crippen LogP contribution in [-0.2, 0) is 0 Å². The molecule has 2 rings (SSSR count). The molecule has 1 saturated carbocycles. The Morgan fingerprint density at radius 3 is 2.85 bits per heavy atom. The van der Waals surface area contributed by atoms with Crippen molar-refractivity contribution in [3.63, 3.8) is 0 Å². The Balaban J connectivity index is 1.99.